The van der Waals surface area contributed by atoms with Crippen LogP contribution < -0.4 is 10.6 Å². The standard InChI is InChI=1S/C13H27N3O2/c1-11(6-9-17)14-13(18)15-12(2)10-16-7-4-3-5-8-16/h11-12,17H,3-10H2,1-2H3,(H2,14,15,18)/t11-,12?/m1/s1. The lowest BCUT2D eigenvalue weighted by Gasteiger charge is -2.29. The predicted octanol–water partition coefficient (Wildman–Crippen LogP) is 0.931. The van der Waals surface area contributed by atoms with Gasteiger partial charge < -0.3 is 20.6 Å². The molecule has 1 aliphatic rings. The molecule has 0 aromatic rings. The van der Waals surface area contributed by atoms with Gasteiger partial charge in [0.2, 0.25) is 0 Å². The monoisotopic (exact) mass is 257 g/mol. The second kappa shape index (κ2) is 8.32. The first-order valence-electron chi connectivity index (χ1n) is 7.02. The largest absolute Gasteiger partial charge is 0.396 e. The lowest BCUT2D eigenvalue weighted by atomic mass is 10.1. The Labute approximate surface area is 110 Å². The Morgan fingerprint density at radius 2 is 1.78 bits per heavy atom. The first-order chi connectivity index (χ1) is 8.61. The summed E-state index contributed by atoms with van der Waals surface area (Å²) < 4.78 is 0. The molecule has 0 aromatic carbocycles. The number of carbonyl (C=O) groups excluding carboxylic acids is 1. The minimum Gasteiger partial charge on any atom is -0.396 e. The number of aliphatic hydroxyl groups excluding tert-OH is 1. The van der Waals surface area contributed by atoms with Crippen LogP contribution in [0.2, 0.25) is 0 Å². The van der Waals surface area contributed by atoms with Crippen molar-refractivity contribution < 1.29 is 9.90 Å². The van der Waals surface area contributed by atoms with Crippen LogP contribution in [0, 0.1) is 0 Å². The number of amides is 2. The molecule has 1 rings (SSSR count). The number of carbonyl (C=O) groups is 1. The number of nitrogens with zero attached hydrogens (tertiary/aromatic N) is 1. The van der Waals surface area contributed by atoms with Gasteiger partial charge in [-0.15, -0.1) is 0 Å². The van der Waals surface area contributed by atoms with Gasteiger partial charge in [0.1, 0.15) is 0 Å². The molecule has 106 valence electrons. The fourth-order valence-electron chi connectivity index (χ4n) is 2.33. The Kier molecular flexibility index (Phi) is 7.05. The van der Waals surface area contributed by atoms with Gasteiger partial charge in [0.15, 0.2) is 0 Å². The first kappa shape index (κ1) is 15.2. The predicted molar refractivity (Wildman–Crippen MR) is 72.6 cm³/mol. The van der Waals surface area contributed by atoms with Crippen LogP contribution in [0.4, 0.5) is 4.79 Å². The molecule has 0 saturated carbocycles. The Balaban J connectivity index is 2.17. The Morgan fingerprint density at radius 1 is 1.17 bits per heavy atom. The van der Waals surface area contributed by atoms with Gasteiger partial charge in [0.25, 0.3) is 0 Å². The molecule has 1 unspecified atom stereocenters. The number of nitrogens with one attached hydrogen (secondary N) is 2. The van der Waals surface area contributed by atoms with Crippen molar-refractivity contribution in [3.63, 3.8) is 0 Å². The second-order valence-electron chi connectivity index (χ2n) is 5.29. The number of rotatable bonds is 6. The summed E-state index contributed by atoms with van der Waals surface area (Å²) >= 11 is 0. The first-order valence-corrected chi connectivity index (χ1v) is 7.02. The molecule has 18 heavy (non-hydrogen) atoms. The van der Waals surface area contributed by atoms with E-state index in [9.17, 15) is 4.79 Å². The summed E-state index contributed by atoms with van der Waals surface area (Å²) in [4.78, 5) is 14.1. The molecular weight excluding hydrogens is 230 g/mol. The summed E-state index contributed by atoms with van der Waals surface area (Å²) in [6.45, 7) is 7.24. The van der Waals surface area contributed by atoms with Gasteiger partial charge in [-0.2, -0.15) is 0 Å². The van der Waals surface area contributed by atoms with Crippen molar-refractivity contribution in [3.8, 4) is 0 Å². The third kappa shape index (κ3) is 6.21. The van der Waals surface area contributed by atoms with Crippen molar-refractivity contribution in [2.24, 2.45) is 0 Å². The molecule has 3 N–H and O–H groups in total. The highest BCUT2D eigenvalue weighted by molar-refractivity contribution is 5.74. The SMILES string of the molecule is CC(CN1CCCCC1)NC(=O)N[C@H](C)CCO. The van der Waals surface area contributed by atoms with Crippen LogP contribution in [0.1, 0.15) is 39.5 Å². The van der Waals surface area contributed by atoms with Crippen molar-refractivity contribution in [1.82, 2.24) is 15.5 Å². The normalized spacial score (nSPS) is 20.2. The maximum Gasteiger partial charge on any atom is 0.315 e. The second-order valence-corrected chi connectivity index (χ2v) is 5.29. The lowest BCUT2D eigenvalue weighted by molar-refractivity contribution is 0.200. The summed E-state index contributed by atoms with van der Waals surface area (Å²) in [5, 5.41) is 14.5. The Hall–Kier alpha value is -0.810. The zero-order valence-corrected chi connectivity index (χ0v) is 11.6. The van der Waals surface area contributed by atoms with Gasteiger partial charge in [-0.3, -0.25) is 0 Å². The quantitative estimate of drug-likeness (QED) is 0.663. The summed E-state index contributed by atoms with van der Waals surface area (Å²) in [6.07, 6.45) is 4.46. The van der Waals surface area contributed by atoms with Crippen LogP contribution in [0.3, 0.4) is 0 Å². The molecule has 0 bridgehead atoms. The van der Waals surface area contributed by atoms with Gasteiger partial charge in [0.05, 0.1) is 0 Å². The number of hydrogen-bond donors (Lipinski definition) is 3. The number of urea groups is 1. The maximum atomic E-state index is 11.7. The molecule has 0 spiro atoms. The Bertz CT molecular complexity index is 242. The smallest absolute Gasteiger partial charge is 0.315 e. The summed E-state index contributed by atoms with van der Waals surface area (Å²) in [6, 6.07) is 0.0297. The van der Waals surface area contributed by atoms with Gasteiger partial charge in [-0.05, 0) is 46.2 Å². The summed E-state index contributed by atoms with van der Waals surface area (Å²) in [5.74, 6) is 0. The molecule has 2 atom stereocenters. The number of hydrogen-bond acceptors (Lipinski definition) is 3. The number of piperidine rings is 1. The molecule has 0 radical (unpaired) electrons. The average Bonchev–Trinajstić information content (AvgIpc) is 2.29. The van der Waals surface area contributed by atoms with Crippen molar-refractivity contribution in [1.29, 1.82) is 0 Å². The molecule has 5 nitrogen and oxygen atoms in total. The van der Waals surface area contributed by atoms with Crippen LogP contribution in [0.25, 0.3) is 0 Å². The minimum atomic E-state index is -0.138. The van der Waals surface area contributed by atoms with Crippen LogP contribution in [-0.4, -0.2) is 54.4 Å². The summed E-state index contributed by atoms with van der Waals surface area (Å²) in [5.41, 5.74) is 0. The average molecular weight is 257 g/mol. The van der Waals surface area contributed by atoms with Crippen molar-refractivity contribution >= 4 is 6.03 Å². The van der Waals surface area contributed by atoms with E-state index in [-0.39, 0.29) is 24.7 Å². The fraction of sp³-hybridized carbons (Fsp3) is 0.923. The molecule has 1 heterocycles. The molecule has 1 fully saturated rings. The van der Waals surface area contributed by atoms with Crippen LogP contribution >= 0.6 is 0 Å². The lowest BCUT2D eigenvalue weighted by Crippen LogP contribution is -2.49. The topological polar surface area (TPSA) is 64.6 Å². The molecule has 1 saturated heterocycles. The third-order valence-corrected chi connectivity index (χ3v) is 3.30. The van der Waals surface area contributed by atoms with E-state index >= 15 is 0 Å². The molecule has 1 aliphatic heterocycles. The van der Waals surface area contributed by atoms with Crippen LogP contribution in [0.15, 0.2) is 0 Å². The van der Waals surface area contributed by atoms with E-state index in [1.165, 1.54) is 19.3 Å². The Morgan fingerprint density at radius 3 is 2.39 bits per heavy atom. The number of aliphatic hydroxyl groups is 1. The molecule has 0 aliphatic carbocycles. The van der Waals surface area contributed by atoms with E-state index in [1.54, 1.807) is 0 Å². The van der Waals surface area contributed by atoms with Gasteiger partial charge in [-0.1, -0.05) is 6.42 Å². The molecule has 0 aromatic heterocycles. The number of likely N-dealkylation sites (tertiary alicyclic amines) is 1. The molecule has 2 amide bonds. The van der Waals surface area contributed by atoms with E-state index in [0.29, 0.717) is 6.42 Å². The van der Waals surface area contributed by atoms with E-state index in [4.69, 9.17) is 5.11 Å². The van der Waals surface area contributed by atoms with Crippen molar-refractivity contribution in [2.75, 3.05) is 26.2 Å². The van der Waals surface area contributed by atoms with Crippen molar-refractivity contribution in [3.05, 3.63) is 0 Å². The van der Waals surface area contributed by atoms with E-state index in [0.717, 1.165) is 19.6 Å². The van der Waals surface area contributed by atoms with E-state index in [2.05, 4.69) is 15.5 Å². The third-order valence-electron chi connectivity index (χ3n) is 3.30. The van der Waals surface area contributed by atoms with Crippen LogP contribution in [-0.2, 0) is 0 Å². The van der Waals surface area contributed by atoms with Crippen LogP contribution in [0.5, 0.6) is 0 Å². The molecular formula is C13H27N3O2. The van der Waals surface area contributed by atoms with Gasteiger partial charge in [-0.25, -0.2) is 4.79 Å². The maximum absolute atomic E-state index is 11.7. The van der Waals surface area contributed by atoms with Gasteiger partial charge in [0, 0.05) is 25.2 Å². The molecule has 5 heteroatoms. The summed E-state index contributed by atoms with van der Waals surface area (Å²) in [7, 11) is 0. The van der Waals surface area contributed by atoms with Gasteiger partial charge >= 0.3 is 6.03 Å². The zero-order chi connectivity index (χ0) is 13.4. The highest BCUT2D eigenvalue weighted by atomic mass is 16.3. The van der Waals surface area contributed by atoms with Crippen molar-refractivity contribution in [2.45, 2.75) is 51.6 Å². The zero-order valence-electron chi connectivity index (χ0n) is 11.6. The fourth-order valence-corrected chi connectivity index (χ4v) is 2.33. The van der Waals surface area contributed by atoms with E-state index < -0.39 is 0 Å². The highest BCUT2D eigenvalue weighted by Crippen LogP contribution is 2.08. The highest BCUT2D eigenvalue weighted by Gasteiger charge is 2.15. The van der Waals surface area contributed by atoms with E-state index in [1.807, 2.05) is 13.8 Å². The minimum absolute atomic E-state index is 0.0113.